The van der Waals surface area contributed by atoms with E-state index in [4.69, 9.17) is 0 Å². The molecule has 0 fully saturated rings. The number of nitro groups is 1. The minimum absolute atomic E-state index is 0.169. The molecule has 2 aromatic rings. The third kappa shape index (κ3) is 2.47. The van der Waals surface area contributed by atoms with Gasteiger partial charge < -0.3 is 0 Å². The van der Waals surface area contributed by atoms with Gasteiger partial charge in [-0.15, -0.1) is 0 Å². The first-order valence-corrected chi connectivity index (χ1v) is 5.24. The van der Waals surface area contributed by atoms with Gasteiger partial charge in [0.1, 0.15) is 5.82 Å². The molecule has 0 radical (unpaired) electrons. The first-order valence-electron chi connectivity index (χ1n) is 5.24. The van der Waals surface area contributed by atoms with E-state index in [2.05, 4.69) is 0 Å². The molecule has 0 bridgehead atoms. The number of carbonyl (C=O) groups excluding carboxylic acids is 1. The van der Waals surface area contributed by atoms with Crippen LogP contribution in [0.5, 0.6) is 0 Å². The Bertz CT molecular complexity index is 656. The third-order valence-electron chi connectivity index (χ3n) is 2.51. The van der Waals surface area contributed by atoms with Gasteiger partial charge in [-0.05, 0) is 0 Å². The zero-order chi connectivity index (χ0) is 14.0. The molecule has 96 valence electrons. The fourth-order valence-electron chi connectivity index (χ4n) is 1.60. The summed E-state index contributed by atoms with van der Waals surface area (Å²) in [5.74, 6) is -3.18. The summed E-state index contributed by atoms with van der Waals surface area (Å²) in [6.07, 6.45) is 0. The Labute approximate surface area is 106 Å². The molecule has 0 saturated heterocycles. The number of nitro benzene ring substituents is 1. The van der Waals surface area contributed by atoms with Gasteiger partial charge in [0.25, 0.3) is 0 Å². The number of ketones is 1. The van der Waals surface area contributed by atoms with E-state index in [0.717, 1.165) is 0 Å². The van der Waals surface area contributed by atoms with Gasteiger partial charge in [0.05, 0.1) is 10.5 Å². The monoisotopic (exact) mass is 263 g/mol. The van der Waals surface area contributed by atoms with Crippen molar-refractivity contribution in [3.8, 4) is 0 Å². The van der Waals surface area contributed by atoms with Crippen LogP contribution in [0.1, 0.15) is 15.9 Å². The molecule has 0 aromatic heterocycles. The first kappa shape index (κ1) is 12.8. The molecule has 0 N–H and O–H groups in total. The molecule has 0 aliphatic heterocycles. The lowest BCUT2D eigenvalue weighted by Crippen LogP contribution is -2.06. The Morgan fingerprint density at radius 2 is 1.68 bits per heavy atom. The largest absolute Gasteiger partial charge is 0.305 e. The standard InChI is InChI=1S/C13H7F2NO3/c14-10-7-11(15)12(16(18)19)6-9(10)13(17)8-4-2-1-3-5-8/h1-7H. The molecule has 0 aliphatic rings. The maximum atomic E-state index is 13.5. The fraction of sp³-hybridized carbons (Fsp3) is 0. The van der Waals surface area contributed by atoms with Crippen molar-refractivity contribution in [1.29, 1.82) is 0 Å². The number of carbonyl (C=O) groups is 1. The van der Waals surface area contributed by atoms with E-state index in [9.17, 15) is 23.7 Å². The van der Waals surface area contributed by atoms with E-state index in [1.54, 1.807) is 18.2 Å². The molecule has 19 heavy (non-hydrogen) atoms. The summed E-state index contributed by atoms with van der Waals surface area (Å²) >= 11 is 0. The summed E-state index contributed by atoms with van der Waals surface area (Å²) < 4.78 is 26.7. The van der Waals surface area contributed by atoms with Gasteiger partial charge >= 0.3 is 5.69 Å². The maximum absolute atomic E-state index is 13.5. The average Bonchev–Trinajstić information content (AvgIpc) is 2.38. The highest BCUT2D eigenvalue weighted by molar-refractivity contribution is 6.09. The van der Waals surface area contributed by atoms with E-state index in [-0.39, 0.29) is 5.56 Å². The minimum atomic E-state index is -1.31. The number of nitrogens with zero attached hydrogens (tertiary/aromatic N) is 1. The number of hydrogen-bond donors (Lipinski definition) is 0. The SMILES string of the molecule is O=C(c1ccccc1)c1cc([N+](=O)[O-])c(F)cc1F. The summed E-state index contributed by atoms with van der Waals surface area (Å²) in [6, 6.07) is 8.65. The maximum Gasteiger partial charge on any atom is 0.305 e. The minimum Gasteiger partial charge on any atom is -0.288 e. The molecular weight excluding hydrogens is 256 g/mol. The summed E-state index contributed by atoms with van der Waals surface area (Å²) in [4.78, 5) is 21.5. The average molecular weight is 263 g/mol. The smallest absolute Gasteiger partial charge is 0.288 e. The van der Waals surface area contributed by atoms with Crippen LogP contribution in [-0.2, 0) is 0 Å². The molecule has 0 spiro atoms. The van der Waals surface area contributed by atoms with Crippen molar-refractivity contribution < 1.29 is 18.5 Å². The number of benzene rings is 2. The van der Waals surface area contributed by atoms with Crippen LogP contribution in [0, 0.1) is 21.7 Å². The number of halogens is 2. The van der Waals surface area contributed by atoms with Crippen LogP contribution in [-0.4, -0.2) is 10.7 Å². The van der Waals surface area contributed by atoms with Gasteiger partial charge in [0, 0.05) is 17.7 Å². The first-order chi connectivity index (χ1) is 9.00. The molecule has 0 amide bonds. The van der Waals surface area contributed by atoms with Gasteiger partial charge in [0.15, 0.2) is 5.78 Å². The van der Waals surface area contributed by atoms with Crippen LogP contribution in [0.25, 0.3) is 0 Å². The van der Waals surface area contributed by atoms with E-state index in [1.165, 1.54) is 12.1 Å². The van der Waals surface area contributed by atoms with E-state index >= 15 is 0 Å². The zero-order valence-electron chi connectivity index (χ0n) is 9.47. The van der Waals surface area contributed by atoms with Crippen molar-refractivity contribution in [2.75, 3.05) is 0 Å². The van der Waals surface area contributed by atoms with Crippen LogP contribution < -0.4 is 0 Å². The van der Waals surface area contributed by atoms with Gasteiger partial charge in [-0.25, -0.2) is 4.39 Å². The van der Waals surface area contributed by atoms with Gasteiger partial charge in [-0.1, -0.05) is 30.3 Å². The van der Waals surface area contributed by atoms with E-state index in [1.807, 2.05) is 0 Å². The Morgan fingerprint density at radius 1 is 1.05 bits per heavy atom. The van der Waals surface area contributed by atoms with Crippen LogP contribution in [0.3, 0.4) is 0 Å². The Kier molecular flexibility index (Phi) is 3.33. The lowest BCUT2D eigenvalue weighted by Gasteiger charge is -2.03. The summed E-state index contributed by atoms with van der Waals surface area (Å²) in [7, 11) is 0. The van der Waals surface area contributed by atoms with Gasteiger partial charge in [-0.2, -0.15) is 4.39 Å². The summed E-state index contributed by atoms with van der Waals surface area (Å²) in [5, 5.41) is 10.6. The van der Waals surface area contributed by atoms with E-state index < -0.39 is 33.6 Å². The Balaban J connectivity index is 2.54. The van der Waals surface area contributed by atoms with Crippen LogP contribution in [0.15, 0.2) is 42.5 Å². The molecule has 0 heterocycles. The van der Waals surface area contributed by atoms with E-state index in [0.29, 0.717) is 12.1 Å². The normalized spacial score (nSPS) is 10.2. The van der Waals surface area contributed by atoms with Crippen molar-refractivity contribution in [3.63, 3.8) is 0 Å². The molecule has 6 heteroatoms. The van der Waals surface area contributed by atoms with Crippen molar-refractivity contribution >= 4 is 11.5 Å². The Morgan fingerprint density at radius 3 is 2.26 bits per heavy atom. The predicted octanol–water partition coefficient (Wildman–Crippen LogP) is 3.10. The van der Waals surface area contributed by atoms with Crippen molar-refractivity contribution in [2.24, 2.45) is 0 Å². The molecule has 0 aliphatic carbocycles. The van der Waals surface area contributed by atoms with Crippen LogP contribution in [0.2, 0.25) is 0 Å². The summed E-state index contributed by atoms with van der Waals surface area (Å²) in [5.41, 5.74) is -1.29. The highest BCUT2D eigenvalue weighted by Gasteiger charge is 2.22. The molecule has 0 atom stereocenters. The highest BCUT2D eigenvalue weighted by atomic mass is 19.1. The molecule has 0 saturated carbocycles. The number of hydrogen-bond acceptors (Lipinski definition) is 3. The second kappa shape index (κ2) is 4.93. The molecule has 4 nitrogen and oxygen atoms in total. The van der Waals surface area contributed by atoms with Gasteiger partial charge in [0.2, 0.25) is 5.82 Å². The van der Waals surface area contributed by atoms with Crippen LogP contribution in [0.4, 0.5) is 14.5 Å². The lowest BCUT2D eigenvalue weighted by molar-refractivity contribution is -0.387. The fourth-order valence-corrected chi connectivity index (χ4v) is 1.60. The topological polar surface area (TPSA) is 60.2 Å². The lowest BCUT2D eigenvalue weighted by atomic mass is 10.0. The predicted molar refractivity (Wildman–Crippen MR) is 62.9 cm³/mol. The highest BCUT2D eigenvalue weighted by Crippen LogP contribution is 2.23. The quantitative estimate of drug-likeness (QED) is 0.485. The number of rotatable bonds is 3. The summed E-state index contributed by atoms with van der Waals surface area (Å²) in [6.45, 7) is 0. The van der Waals surface area contributed by atoms with Crippen LogP contribution >= 0.6 is 0 Å². The van der Waals surface area contributed by atoms with Gasteiger partial charge in [-0.3, -0.25) is 14.9 Å². The molecule has 2 rings (SSSR count). The Hall–Kier alpha value is -2.63. The second-order valence-corrected chi connectivity index (χ2v) is 3.74. The van der Waals surface area contributed by atoms with Crippen molar-refractivity contribution in [3.05, 3.63) is 75.3 Å². The van der Waals surface area contributed by atoms with Crippen molar-refractivity contribution in [1.82, 2.24) is 0 Å². The molecular formula is C13H7F2NO3. The third-order valence-corrected chi connectivity index (χ3v) is 2.51. The zero-order valence-corrected chi connectivity index (χ0v) is 9.47. The van der Waals surface area contributed by atoms with Crippen molar-refractivity contribution in [2.45, 2.75) is 0 Å². The molecule has 2 aromatic carbocycles. The molecule has 0 unspecified atom stereocenters. The second-order valence-electron chi connectivity index (χ2n) is 3.74.